The fourth-order valence-electron chi connectivity index (χ4n) is 3.39. The predicted octanol–water partition coefficient (Wildman–Crippen LogP) is 2.46. The Morgan fingerprint density at radius 2 is 1.71 bits per heavy atom. The number of aliphatic hydroxyl groups is 1. The van der Waals surface area contributed by atoms with Crippen LogP contribution in [-0.2, 0) is 20.9 Å². The molecule has 0 unspecified atom stereocenters. The van der Waals surface area contributed by atoms with Crippen LogP contribution in [0.15, 0.2) is 60.3 Å². The van der Waals surface area contributed by atoms with E-state index < -0.39 is 11.9 Å². The summed E-state index contributed by atoms with van der Waals surface area (Å²) >= 11 is 0. The van der Waals surface area contributed by atoms with E-state index in [-0.39, 0.29) is 31.3 Å². The smallest absolute Gasteiger partial charge is 0.338 e. The lowest BCUT2D eigenvalue weighted by atomic mass is 10.0. The number of imide groups is 1. The van der Waals surface area contributed by atoms with E-state index in [2.05, 4.69) is 0 Å². The number of carbonyl (C=O) groups is 3. The molecule has 7 heteroatoms. The number of rotatable bonds is 9. The summed E-state index contributed by atoms with van der Waals surface area (Å²) in [4.78, 5) is 41.1. The number of benzene rings is 2. The van der Waals surface area contributed by atoms with Crippen molar-refractivity contribution >= 4 is 23.4 Å². The molecule has 0 bridgehead atoms. The molecular formula is C24H26N2O5. The molecule has 0 spiro atoms. The maximum absolute atomic E-state index is 13.2. The van der Waals surface area contributed by atoms with E-state index in [1.54, 1.807) is 48.3 Å². The van der Waals surface area contributed by atoms with Crippen LogP contribution in [0.25, 0.3) is 5.57 Å². The first-order valence-electron chi connectivity index (χ1n) is 10.2. The summed E-state index contributed by atoms with van der Waals surface area (Å²) in [5.41, 5.74) is 2.37. The highest BCUT2D eigenvalue weighted by atomic mass is 16.5. The van der Waals surface area contributed by atoms with Gasteiger partial charge < -0.3 is 14.7 Å². The number of aliphatic hydroxyl groups excluding tert-OH is 1. The summed E-state index contributed by atoms with van der Waals surface area (Å²) < 4.78 is 5.12. The van der Waals surface area contributed by atoms with Gasteiger partial charge in [0, 0.05) is 13.6 Å². The molecule has 2 aromatic rings. The molecule has 0 aliphatic carbocycles. The lowest BCUT2D eigenvalue weighted by Gasteiger charge is -2.20. The Morgan fingerprint density at radius 1 is 1.03 bits per heavy atom. The second-order valence-corrected chi connectivity index (χ2v) is 7.26. The van der Waals surface area contributed by atoms with Crippen molar-refractivity contribution in [1.29, 1.82) is 0 Å². The Bertz CT molecular complexity index is 983. The molecule has 0 aromatic heterocycles. The van der Waals surface area contributed by atoms with Crippen LogP contribution in [0, 0.1) is 0 Å². The van der Waals surface area contributed by atoms with Crippen molar-refractivity contribution in [3.63, 3.8) is 0 Å². The Kier molecular flexibility index (Phi) is 7.20. The predicted molar refractivity (Wildman–Crippen MR) is 116 cm³/mol. The number of amides is 2. The Balaban J connectivity index is 1.84. The Hall–Kier alpha value is -3.45. The highest BCUT2D eigenvalue weighted by molar-refractivity contribution is 6.35. The van der Waals surface area contributed by atoms with Gasteiger partial charge in [0.1, 0.15) is 5.70 Å². The molecule has 2 aromatic carbocycles. The summed E-state index contributed by atoms with van der Waals surface area (Å²) in [5.74, 6) is -1.20. The molecule has 1 aliphatic heterocycles. The zero-order valence-corrected chi connectivity index (χ0v) is 17.7. The molecule has 1 N–H and O–H groups in total. The largest absolute Gasteiger partial charge is 0.462 e. The first kappa shape index (κ1) is 22.2. The highest BCUT2D eigenvalue weighted by Gasteiger charge is 2.40. The molecule has 0 saturated heterocycles. The number of hydrogen-bond acceptors (Lipinski definition) is 6. The van der Waals surface area contributed by atoms with Gasteiger partial charge >= 0.3 is 5.97 Å². The summed E-state index contributed by atoms with van der Waals surface area (Å²) in [7, 11) is 1.68. The van der Waals surface area contributed by atoms with Crippen molar-refractivity contribution < 1.29 is 24.2 Å². The number of likely N-dealkylation sites (N-methyl/N-ethyl adjacent to an activating group) is 1. The van der Waals surface area contributed by atoms with Crippen LogP contribution in [0.3, 0.4) is 0 Å². The lowest BCUT2D eigenvalue weighted by Crippen LogP contribution is -2.34. The molecule has 0 atom stereocenters. The lowest BCUT2D eigenvalue weighted by molar-refractivity contribution is -0.138. The molecule has 0 fully saturated rings. The minimum atomic E-state index is -0.411. The molecule has 2 amide bonds. The monoisotopic (exact) mass is 422 g/mol. The molecule has 7 nitrogen and oxygen atoms in total. The third kappa shape index (κ3) is 4.83. The van der Waals surface area contributed by atoms with Crippen molar-refractivity contribution in [2.75, 3.05) is 26.8 Å². The SMILES string of the molecule is CCCOC(=O)c1ccc(CN2C(=O)C(c3ccccc3)=C(N(C)CCO)C2=O)cc1. The summed E-state index contributed by atoms with van der Waals surface area (Å²) in [6, 6.07) is 15.7. The quantitative estimate of drug-likeness (QED) is 0.493. The maximum atomic E-state index is 13.2. The van der Waals surface area contributed by atoms with Gasteiger partial charge in [0.25, 0.3) is 11.8 Å². The molecule has 0 saturated carbocycles. The maximum Gasteiger partial charge on any atom is 0.338 e. The standard InChI is InChI=1S/C24H26N2O5/c1-3-15-31-24(30)19-11-9-17(10-12-19)16-26-22(28)20(18-7-5-4-6-8-18)21(23(26)29)25(2)13-14-27/h4-12,27H,3,13-16H2,1-2H3. The Morgan fingerprint density at radius 3 is 2.32 bits per heavy atom. The highest BCUT2D eigenvalue weighted by Crippen LogP contribution is 2.32. The van der Waals surface area contributed by atoms with E-state index >= 15 is 0 Å². The van der Waals surface area contributed by atoms with Crippen LogP contribution in [0.4, 0.5) is 0 Å². The third-order valence-electron chi connectivity index (χ3n) is 4.99. The minimum absolute atomic E-state index is 0.0781. The van der Waals surface area contributed by atoms with Gasteiger partial charge in [0.2, 0.25) is 0 Å². The van der Waals surface area contributed by atoms with E-state index in [0.717, 1.165) is 6.42 Å². The fraction of sp³-hybridized carbons (Fsp3) is 0.292. The van der Waals surface area contributed by atoms with Crippen molar-refractivity contribution in [1.82, 2.24) is 9.80 Å². The number of nitrogens with zero attached hydrogens (tertiary/aromatic N) is 2. The van der Waals surface area contributed by atoms with Gasteiger partial charge in [-0.15, -0.1) is 0 Å². The van der Waals surface area contributed by atoms with Crippen molar-refractivity contribution in [3.8, 4) is 0 Å². The van der Waals surface area contributed by atoms with E-state index in [0.29, 0.717) is 28.9 Å². The average molecular weight is 422 g/mol. The van der Waals surface area contributed by atoms with E-state index in [1.807, 2.05) is 25.1 Å². The molecule has 1 aliphatic rings. The van der Waals surface area contributed by atoms with Gasteiger partial charge in [-0.05, 0) is 29.7 Å². The van der Waals surface area contributed by atoms with E-state index in [4.69, 9.17) is 4.74 Å². The van der Waals surface area contributed by atoms with Crippen molar-refractivity contribution in [3.05, 3.63) is 77.0 Å². The second-order valence-electron chi connectivity index (χ2n) is 7.26. The summed E-state index contributed by atoms with van der Waals surface area (Å²) in [6.07, 6.45) is 0.743. The number of ether oxygens (including phenoxy) is 1. The van der Waals surface area contributed by atoms with Crippen LogP contribution >= 0.6 is 0 Å². The number of esters is 1. The van der Waals surface area contributed by atoms with Crippen LogP contribution in [0.2, 0.25) is 0 Å². The van der Waals surface area contributed by atoms with Crippen LogP contribution in [0.5, 0.6) is 0 Å². The minimum Gasteiger partial charge on any atom is -0.462 e. The Labute approximate surface area is 181 Å². The zero-order chi connectivity index (χ0) is 22.4. The normalized spacial score (nSPS) is 13.7. The average Bonchev–Trinajstić information content (AvgIpc) is 3.03. The van der Waals surface area contributed by atoms with Crippen LogP contribution < -0.4 is 0 Å². The van der Waals surface area contributed by atoms with Crippen LogP contribution in [0.1, 0.15) is 34.8 Å². The summed E-state index contributed by atoms with van der Waals surface area (Å²) in [5, 5.41) is 9.32. The number of hydrogen-bond donors (Lipinski definition) is 1. The molecule has 0 radical (unpaired) electrons. The van der Waals surface area contributed by atoms with Crippen molar-refractivity contribution in [2.24, 2.45) is 0 Å². The molecule has 31 heavy (non-hydrogen) atoms. The van der Waals surface area contributed by atoms with Gasteiger partial charge in [-0.1, -0.05) is 49.4 Å². The van der Waals surface area contributed by atoms with Crippen molar-refractivity contribution in [2.45, 2.75) is 19.9 Å². The molecule has 1 heterocycles. The number of carbonyl (C=O) groups excluding carboxylic acids is 3. The van der Waals surface area contributed by atoms with Crippen LogP contribution in [-0.4, -0.2) is 59.5 Å². The van der Waals surface area contributed by atoms with E-state index in [9.17, 15) is 19.5 Å². The van der Waals surface area contributed by atoms with Gasteiger partial charge in [-0.2, -0.15) is 0 Å². The van der Waals surface area contributed by atoms with Gasteiger partial charge in [0.05, 0.1) is 30.9 Å². The van der Waals surface area contributed by atoms with E-state index in [1.165, 1.54) is 4.90 Å². The molecular weight excluding hydrogens is 396 g/mol. The second kappa shape index (κ2) is 10.0. The zero-order valence-electron chi connectivity index (χ0n) is 17.7. The first-order valence-corrected chi connectivity index (χ1v) is 10.2. The molecule has 3 rings (SSSR count). The summed E-state index contributed by atoms with van der Waals surface area (Å²) in [6.45, 7) is 2.45. The molecule has 162 valence electrons. The first-order chi connectivity index (χ1) is 15.0. The topological polar surface area (TPSA) is 87.2 Å². The van der Waals surface area contributed by atoms with Gasteiger partial charge in [0.15, 0.2) is 0 Å². The third-order valence-corrected chi connectivity index (χ3v) is 4.99. The van der Waals surface area contributed by atoms with Gasteiger partial charge in [-0.25, -0.2) is 4.79 Å². The van der Waals surface area contributed by atoms with Gasteiger partial charge in [-0.3, -0.25) is 14.5 Å². The fourth-order valence-corrected chi connectivity index (χ4v) is 3.39.